The number of hydrogen-bond acceptors (Lipinski definition) is 2. The van der Waals surface area contributed by atoms with E-state index in [9.17, 15) is 30.6 Å². The van der Waals surface area contributed by atoms with Gasteiger partial charge in [-0.2, -0.15) is 26.3 Å². The first-order valence-corrected chi connectivity index (χ1v) is 12.0. The summed E-state index contributed by atoms with van der Waals surface area (Å²) in [6, 6.07) is 14.0. The minimum Gasteiger partial charge on any atom is -0.375 e. The van der Waals surface area contributed by atoms with Gasteiger partial charge in [-0.1, -0.05) is 72.8 Å². The maximum absolute atomic E-state index is 14.4. The molecule has 0 bridgehead atoms. The Hall–Kier alpha value is -2.17. The van der Waals surface area contributed by atoms with E-state index in [-0.39, 0.29) is 6.61 Å². The van der Waals surface area contributed by atoms with E-state index >= 15 is 0 Å². The van der Waals surface area contributed by atoms with Crippen molar-refractivity contribution in [1.29, 1.82) is 0 Å². The maximum Gasteiger partial charge on any atom is 0.405 e. The van der Waals surface area contributed by atoms with Crippen LogP contribution in [0.4, 0.5) is 26.3 Å². The maximum atomic E-state index is 14.4. The van der Waals surface area contributed by atoms with Gasteiger partial charge in [0.15, 0.2) is 5.41 Å². The molecule has 2 aromatic carbocycles. The molecular weight excluding hydrogens is 492 g/mol. The van der Waals surface area contributed by atoms with Crippen molar-refractivity contribution in [2.45, 2.75) is 56.9 Å². The summed E-state index contributed by atoms with van der Waals surface area (Å²) < 4.78 is 105. The number of alkyl halides is 6. The Balaban J connectivity index is 2.48. The Morgan fingerprint density at radius 2 is 1.40 bits per heavy atom. The van der Waals surface area contributed by atoms with Crippen molar-refractivity contribution < 1.29 is 35.3 Å². The molecule has 0 amide bonds. The van der Waals surface area contributed by atoms with Crippen LogP contribution in [0.2, 0.25) is 0 Å². The van der Waals surface area contributed by atoms with Crippen molar-refractivity contribution in [2.75, 3.05) is 6.61 Å². The Bertz CT molecular complexity index is 955. The molecule has 0 saturated carbocycles. The van der Waals surface area contributed by atoms with Crippen molar-refractivity contribution in [3.63, 3.8) is 0 Å². The molecule has 10 heteroatoms. The fourth-order valence-electron chi connectivity index (χ4n) is 3.33. The van der Waals surface area contributed by atoms with E-state index in [4.69, 9.17) is 4.74 Å². The van der Waals surface area contributed by atoms with Crippen LogP contribution in [0.5, 0.6) is 0 Å². The molecule has 2 aromatic rings. The zero-order chi connectivity index (χ0) is 26.3. The highest BCUT2D eigenvalue weighted by Crippen LogP contribution is 2.55. The van der Waals surface area contributed by atoms with Gasteiger partial charge in [-0.25, -0.2) is 8.93 Å². The highest BCUT2D eigenvalue weighted by atomic mass is 32.2. The monoisotopic (exact) mass is 521 g/mol. The molecular formula is C25H29F6NO2S. The van der Waals surface area contributed by atoms with Gasteiger partial charge in [-0.05, 0) is 38.3 Å². The van der Waals surface area contributed by atoms with Crippen LogP contribution in [-0.4, -0.2) is 34.0 Å². The lowest BCUT2D eigenvalue weighted by atomic mass is 9.75. The van der Waals surface area contributed by atoms with E-state index in [0.29, 0.717) is 11.1 Å². The zero-order valence-electron chi connectivity index (χ0n) is 19.6. The molecule has 2 rings (SSSR count). The van der Waals surface area contributed by atoms with Crippen LogP contribution in [0.1, 0.15) is 38.3 Å². The molecule has 2 atom stereocenters. The highest BCUT2D eigenvalue weighted by molar-refractivity contribution is 7.84. The smallest absolute Gasteiger partial charge is 0.375 e. The largest absolute Gasteiger partial charge is 0.405 e. The number of hydrogen-bond donors (Lipinski definition) is 1. The van der Waals surface area contributed by atoms with Crippen molar-refractivity contribution in [3.8, 4) is 0 Å². The first kappa shape index (κ1) is 29.1. The summed E-state index contributed by atoms with van der Waals surface area (Å²) in [5.74, 6) is 0. The van der Waals surface area contributed by atoms with E-state index in [0.717, 1.165) is 6.08 Å². The Kier molecular flexibility index (Phi) is 9.72. The van der Waals surface area contributed by atoms with Crippen LogP contribution >= 0.6 is 0 Å². The molecule has 0 saturated heterocycles. The Morgan fingerprint density at radius 3 is 1.89 bits per heavy atom. The Morgan fingerprint density at radius 1 is 0.886 bits per heavy atom. The van der Waals surface area contributed by atoms with Crippen molar-refractivity contribution >= 4 is 17.1 Å². The molecule has 2 unspecified atom stereocenters. The molecule has 0 heterocycles. The predicted molar refractivity (Wildman–Crippen MR) is 126 cm³/mol. The van der Waals surface area contributed by atoms with Crippen LogP contribution in [0, 0.1) is 5.41 Å². The zero-order valence-corrected chi connectivity index (χ0v) is 20.4. The quantitative estimate of drug-likeness (QED) is 0.348. The lowest BCUT2D eigenvalue weighted by Crippen LogP contribution is -2.64. The van der Waals surface area contributed by atoms with Crippen molar-refractivity contribution in [1.82, 2.24) is 4.72 Å². The third kappa shape index (κ3) is 7.65. The van der Waals surface area contributed by atoms with Gasteiger partial charge < -0.3 is 4.74 Å². The normalized spacial score (nSPS) is 15.3. The summed E-state index contributed by atoms with van der Waals surface area (Å²) in [4.78, 5) is 0. The SMILES string of the molecule is CC(C)(C)S(=O)NC(COCc1ccccc1)C(CC=Cc1ccccc1)(C(F)(F)F)C(F)(F)F. The third-order valence-electron chi connectivity index (χ3n) is 5.36. The number of nitrogens with one attached hydrogen (secondary N) is 1. The number of ether oxygens (including phenoxy) is 1. The van der Waals surface area contributed by atoms with Gasteiger partial charge in [0.2, 0.25) is 0 Å². The summed E-state index contributed by atoms with van der Waals surface area (Å²) in [6.07, 6.45) is -10.8. The first-order chi connectivity index (χ1) is 16.2. The fourth-order valence-corrected chi connectivity index (χ4v) is 4.21. The Labute approximate surface area is 204 Å². The van der Waals surface area contributed by atoms with Gasteiger partial charge in [0, 0.05) is 0 Å². The summed E-state index contributed by atoms with van der Waals surface area (Å²) in [6.45, 7) is 3.20. The van der Waals surface area contributed by atoms with Crippen LogP contribution in [0.25, 0.3) is 6.08 Å². The highest BCUT2D eigenvalue weighted by Gasteiger charge is 2.73. The average Bonchev–Trinajstić information content (AvgIpc) is 2.75. The summed E-state index contributed by atoms with van der Waals surface area (Å²) in [5.41, 5.74) is -3.21. The van der Waals surface area contributed by atoms with Crippen LogP contribution in [-0.2, 0) is 22.3 Å². The summed E-state index contributed by atoms with van der Waals surface area (Å²) in [5, 5.41) is 0. The molecule has 0 aromatic heterocycles. The van der Waals surface area contributed by atoms with Gasteiger partial charge >= 0.3 is 12.4 Å². The van der Waals surface area contributed by atoms with Gasteiger partial charge in [0.1, 0.15) is 0 Å². The van der Waals surface area contributed by atoms with E-state index in [2.05, 4.69) is 4.72 Å². The van der Waals surface area contributed by atoms with E-state index in [1.165, 1.54) is 26.8 Å². The first-order valence-electron chi connectivity index (χ1n) is 10.8. The minimum absolute atomic E-state index is 0.202. The second-order valence-electron chi connectivity index (χ2n) is 9.04. The minimum atomic E-state index is -5.72. The second kappa shape index (κ2) is 11.7. The molecule has 0 fully saturated rings. The summed E-state index contributed by atoms with van der Waals surface area (Å²) >= 11 is 0. The van der Waals surface area contributed by atoms with Crippen LogP contribution < -0.4 is 4.72 Å². The lowest BCUT2D eigenvalue weighted by molar-refractivity contribution is -0.350. The molecule has 35 heavy (non-hydrogen) atoms. The van der Waals surface area contributed by atoms with Gasteiger partial charge in [0.25, 0.3) is 0 Å². The third-order valence-corrected chi connectivity index (χ3v) is 6.97. The van der Waals surface area contributed by atoms with Crippen LogP contribution in [0.15, 0.2) is 66.7 Å². The molecule has 0 spiro atoms. The van der Waals surface area contributed by atoms with Gasteiger partial charge in [0.05, 0.1) is 35.0 Å². The van der Waals surface area contributed by atoms with Gasteiger partial charge in [-0.15, -0.1) is 0 Å². The molecule has 0 aliphatic heterocycles. The topological polar surface area (TPSA) is 38.3 Å². The van der Waals surface area contributed by atoms with E-state index in [1.807, 2.05) is 0 Å². The number of rotatable bonds is 10. The fraction of sp³-hybridized carbons (Fsp3) is 0.440. The molecule has 194 valence electrons. The molecule has 0 aliphatic carbocycles. The lowest BCUT2D eigenvalue weighted by Gasteiger charge is -2.43. The molecule has 1 N–H and O–H groups in total. The standard InChI is InChI=1S/C25H29F6NO2S/c1-22(2,3)35(33)32-21(18-34-17-20-13-8-5-9-14-20)23(24(26,27)28,25(29,30)31)16-10-15-19-11-6-4-7-12-19/h4-15,21,32H,16-18H2,1-3H3. The van der Waals surface area contributed by atoms with Crippen molar-refractivity contribution in [2.24, 2.45) is 5.41 Å². The molecule has 0 radical (unpaired) electrons. The van der Waals surface area contributed by atoms with E-state index < -0.39 is 52.6 Å². The molecule has 3 nitrogen and oxygen atoms in total. The van der Waals surface area contributed by atoms with Crippen LogP contribution in [0.3, 0.4) is 0 Å². The van der Waals surface area contributed by atoms with Crippen molar-refractivity contribution in [3.05, 3.63) is 77.9 Å². The number of benzene rings is 2. The van der Waals surface area contributed by atoms with Gasteiger partial charge in [-0.3, -0.25) is 0 Å². The second-order valence-corrected chi connectivity index (χ2v) is 11.0. The van der Waals surface area contributed by atoms with E-state index in [1.54, 1.807) is 60.7 Å². The number of halogens is 6. The predicted octanol–water partition coefficient (Wildman–Crippen LogP) is 6.84. The summed E-state index contributed by atoms with van der Waals surface area (Å²) in [7, 11) is -2.23. The number of allylic oxidation sites excluding steroid dienone is 1. The molecule has 0 aliphatic rings. The average molecular weight is 522 g/mol.